The fourth-order valence-electron chi connectivity index (χ4n) is 0.930. The first-order valence-electron chi connectivity index (χ1n) is 4.85. The molecule has 0 aromatic heterocycles. The Morgan fingerprint density at radius 2 is 2.06 bits per heavy atom. The van der Waals surface area contributed by atoms with Crippen LogP contribution >= 0.6 is 0 Å². The van der Waals surface area contributed by atoms with E-state index in [1.165, 1.54) is 6.08 Å². The molecular formula is C10H16NNaO4. The maximum Gasteiger partial charge on any atom is 1.00 e. The third kappa shape index (κ3) is 11.6. The SMILES string of the molecule is CCOC(=O)C=C(C)NCCCC(=O)[O-].[Na+]. The average Bonchev–Trinajstić information content (AvgIpc) is 2.12. The largest absolute Gasteiger partial charge is 1.00 e. The third-order valence-electron chi connectivity index (χ3n) is 1.58. The predicted molar refractivity (Wildman–Crippen MR) is 52.6 cm³/mol. The number of carboxylic acids is 1. The van der Waals surface area contributed by atoms with Gasteiger partial charge in [0.2, 0.25) is 0 Å². The number of nitrogens with one attached hydrogen (secondary N) is 1. The Hall–Kier alpha value is -0.520. The molecule has 0 rings (SSSR count). The van der Waals surface area contributed by atoms with Gasteiger partial charge in [-0.3, -0.25) is 0 Å². The number of carbonyl (C=O) groups excluding carboxylic acids is 2. The van der Waals surface area contributed by atoms with Crippen molar-refractivity contribution >= 4 is 11.9 Å². The van der Waals surface area contributed by atoms with Gasteiger partial charge in [0.1, 0.15) is 0 Å². The second-order valence-electron chi connectivity index (χ2n) is 2.98. The normalized spacial score (nSPS) is 10.2. The molecule has 5 nitrogen and oxygen atoms in total. The Morgan fingerprint density at radius 1 is 1.44 bits per heavy atom. The van der Waals surface area contributed by atoms with E-state index in [0.29, 0.717) is 25.3 Å². The van der Waals surface area contributed by atoms with Crippen LogP contribution in [-0.2, 0) is 14.3 Å². The molecule has 0 spiro atoms. The summed E-state index contributed by atoms with van der Waals surface area (Å²) in [6, 6.07) is 0. The number of carboxylic acid groups (broad SMARTS) is 1. The Balaban J connectivity index is 0. The standard InChI is InChI=1S/C10H17NO4.Na/c1-3-15-10(14)7-8(2)11-6-4-5-9(12)13;/h7,11H,3-6H2,1-2H3,(H,12,13);/q;+1/p-1. The van der Waals surface area contributed by atoms with E-state index in [1.54, 1.807) is 13.8 Å². The summed E-state index contributed by atoms with van der Waals surface area (Å²) in [4.78, 5) is 21.0. The molecule has 0 fully saturated rings. The fraction of sp³-hybridized carbons (Fsp3) is 0.600. The van der Waals surface area contributed by atoms with Crippen LogP contribution in [-0.4, -0.2) is 25.1 Å². The van der Waals surface area contributed by atoms with Crippen molar-refractivity contribution in [1.82, 2.24) is 5.32 Å². The number of rotatable bonds is 7. The van der Waals surface area contributed by atoms with E-state index in [0.717, 1.165) is 0 Å². The van der Waals surface area contributed by atoms with Crippen molar-refractivity contribution < 1.29 is 49.0 Å². The van der Waals surface area contributed by atoms with Crippen LogP contribution in [0.5, 0.6) is 0 Å². The van der Waals surface area contributed by atoms with E-state index in [-0.39, 0.29) is 36.0 Å². The van der Waals surface area contributed by atoms with Gasteiger partial charge in [-0.2, -0.15) is 0 Å². The van der Waals surface area contributed by atoms with E-state index in [1.807, 2.05) is 0 Å². The summed E-state index contributed by atoms with van der Waals surface area (Å²) in [5, 5.41) is 13.0. The van der Waals surface area contributed by atoms with Crippen molar-refractivity contribution in [1.29, 1.82) is 0 Å². The molecule has 0 bridgehead atoms. The first-order valence-corrected chi connectivity index (χ1v) is 4.85. The minimum absolute atomic E-state index is 0. The molecule has 0 aromatic carbocycles. The van der Waals surface area contributed by atoms with E-state index < -0.39 is 11.9 Å². The first kappa shape index (κ1) is 17.9. The van der Waals surface area contributed by atoms with Crippen molar-refractivity contribution in [3.63, 3.8) is 0 Å². The zero-order valence-electron chi connectivity index (χ0n) is 10.0. The first-order chi connectivity index (χ1) is 7.06. The Morgan fingerprint density at radius 3 is 2.56 bits per heavy atom. The summed E-state index contributed by atoms with van der Waals surface area (Å²) in [5.41, 5.74) is 0.659. The minimum Gasteiger partial charge on any atom is -0.550 e. The second-order valence-corrected chi connectivity index (χ2v) is 2.98. The molecule has 0 aromatic rings. The molecular weight excluding hydrogens is 221 g/mol. The molecule has 0 aliphatic rings. The molecule has 0 aliphatic carbocycles. The number of hydrogen-bond donors (Lipinski definition) is 1. The average molecular weight is 237 g/mol. The van der Waals surface area contributed by atoms with Gasteiger partial charge in [0.05, 0.1) is 6.61 Å². The molecule has 0 amide bonds. The van der Waals surface area contributed by atoms with E-state index >= 15 is 0 Å². The molecule has 0 aliphatic heterocycles. The van der Waals surface area contributed by atoms with Crippen LogP contribution in [0.1, 0.15) is 26.7 Å². The monoisotopic (exact) mass is 237 g/mol. The van der Waals surface area contributed by atoms with Gasteiger partial charge < -0.3 is 20.0 Å². The molecule has 6 heteroatoms. The maximum absolute atomic E-state index is 11.0. The molecule has 0 radical (unpaired) electrons. The predicted octanol–water partition coefficient (Wildman–Crippen LogP) is -3.42. The van der Waals surface area contributed by atoms with Crippen LogP contribution in [0.3, 0.4) is 0 Å². The van der Waals surface area contributed by atoms with Gasteiger partial charge in [-0.05, 0) is 26.7 Å². The third-order valence-corrected chi connectivity index (χ3v) is 1.58. The Labute approximate surface area is 118 Å². The van der Waals surface area contributed by atoms with E-state index in [9.17, 15) is 14.7 Å². The number of esters is 1. The summed E-state index contributed by atoms with van der Waals surface area (Å²) >= 11 is 0. The van der Waals surface area contributed by atoms with Crippen LogP contribution in [0.4, 0.5) is 0 Å². The summed E-state index contributed by atoms with van der Waals surface area (Å²) in [6.07, 6.45) is 1.82. The van der Waals surface area contributed by atoms with E-state index in [4.69, 9.17) is 4.74 Å². The van der Waals surface area contributed by atoms with Crippen LogP contribution in [0.25, 0.3) is 0 Å². The van der Waals surface area contributed by atoms with Crippen molar-refractivity contribution in [2.45, 2.75) is 26.7 Å². The maximum atomic E-state index is 11.0. The van der Waals surface area contributed by atoms with E-state index in [2.05, 4.69) is 5.32 Å². The van der Waals surface area contributed by atoms with Gasteiger partial charge in [-0.1, -0.05) is 0 Å². The quantitative estimate of drug-likeness (QED) is 0.216. The zero-order chi connectivity index (χ0) is 11.7. The topological polar surface area (TPSA) is 78.5 Å². The van der Waals surface area contributed by atoms with Crippen LogP contribution in [0.2, 0.25) is 0 Å². The summed E-state index contributed by atoms with van der Waals surface area (Å²) < 4.78 is 4.70. The number of aliphatic carboxylic acids is 1. The Kier molecular flexibility index (Phi) is 12.3. The van der Waals surface area contributed by atoms with Gasteiger partial charge in [-0.15, -0.1) is 0 Å². The molecule has 0 unspecified atom stereocenters. The van der Waals surface area contributed by atoms with Crippen LogP contribution in [0.15, 0.2) is 11.8 Å². The number of allylic oxidation sites excluding steroid dienone is 1. The van der Waals surface area contributed by atoms with Crippen molar-refractivity contribution in [3.05, 3.63) is 11.8 Å². The zero-order valence-corrected chi connectivity index (χ0v) is 12.0. The second kappa shape index (κ2) is 11.0. The number of hydrogen-bond acceptors (Lipinski definition) is 5. The summed E-state index contributed by atoms with van der Waals surface area (Å²) in [5.74, 6) is -1.47. The van der Waals surface area contributed by atoms with Crippen LogP contribution < -0.4 is 40.0 Å². The molecule has 0 heterocycles. The molecule has 0 saturated carbocycles. The van der Waals surface area contributed by atoms with Gasteiger partial charge in [0, 0.05) is 24.3 Å². The molecule has 16 heavy (non-hydrogen) atoms. The van der Waals surface area contributed by atoms with Crippen LogP contribution in [0, 0.1) is 0 Å². The van der Waals surface area contributed by atoms with Gasteiger partial charge in [0.25, 0.3) is 0 Å². The molecule has 0 saturated heterocycles. The number of carbonyl (C=O) groups is 2. The number of ether oxygens (including phenoxy) is 1. The van der Waals surface area contributed by atoms with Crippen molar-refractivity contribution in [2.24, 2.45) is 0 Å². The minimum atomic E-state index is -1.07. The molecule has 1 N–H and O–H groups in total. The van der Waals surface area contributed by atoms with Gasteiger partial charge >= 0.3 is 35.5 Å². The smallest absolute Gasteiger partial charge is 0.550 e. The Bertz CT molecular complexity index is 253. The molecule has 86 valence electrons. The summed E-state index contributed by atoms with van der Waals surface area (Å²) in [6.45, 7) is 4.29. The molecule has 0 atom stereocenters. The van der Waals surface area contributed by atoms with Gasteiger partial charge in [-0.25, -0.2) is 4.79 Å². The van der Waals surface area contributed by atoms with Crippen molar-refractivity contribution in [2.75, 3.05) is 13.2 Å². The van der Waals surface area contributed by atoms with Crippen molar-refractivity contribution in [3.8, 4) is 0 Å². The fourth-order valence-corrected chi connectivity index (χ4v) is 0.930. The van der Waals surface area contributed by atoms with Gasteiger partial charge in [0.15, 0.2) is 0 Å². The summed E-state index contributed by atoms with van der Waals surface area (Å²) in [7, 11) is 0.